The van der Waals surface area contributed by atoms with Gasteiger partial charge >= 0.3 is 0 Å². The second-order valence-corrected chi connectivity index (χ2v) is 3.96. The molecule has 78 valence electrons. The van der Waals surface area contributed by atoms with Crippen LogP contribution in [0.2, 0.25) is 0 Å². The van der Waals surface area contributed by atoms with Gasteiger partial charge in [0.15, 0.2) is 0 Å². The Bertz CT molecular complexity index is 263. The van der Waals surface area contributed by atoms with Gasteiger partial charge in [-0.2, -0.15) is 5.10 Å². The van der Waals surface area contributed by atoms with E-state index in [4.69, 9.17) is 0 Å². The Hall–Kier alpha value is -0.900. The zero-order chi connectivity index (χ0) is 9.86. The lowest BCUT2D eigenvalue weighted by atomic mass is 9.97. The largest absolute Gasteiger partial charge is 0.317 e. The first kappa shape index (κ1) is 9.65. The number of rotatable bonds is 2. The van der Waals surface area contributed by atoms with Gasteiger partial charge in [-0.25, -0.2) is 4.39 Å². The normalized spacial score (nSPS) is 28.6. The highest BCUT2D eigenvalue weighted by atomic mass is 19.1. The van der Waals surface area contributed by atoms with Gasteiger partial charge in [0.2, 0.25) is 0 Å². The van der Waals surface area contributed by atoms with Crippen LogP contribution in [0.25, 0.3) is 0 Å². The Morgan fingerprint density at radius 1 is 1.43 bits per heavy atom. The van der Waals surface area contributed by atoms with Crippen LogP contribution in [0.1, 0.15) is 19.3 Å². The quantitative estimate of drug-likeness (QED) is 0.776. The molecular weight excluding hydrogens is 181 g/mol. The molecule has 1 atom stereocenters. The summed E-state index contributed by atoms with van der Waals surface area (Å²) in [5.41, 5.74) is -1.07. The van der Waals surface area contributed by atoms with Crippen LogP contribution in [0.3, 0.4) is 0 Å². The molecule has 0 radical (unpaired) electrons. The molecule has 0 spiro atoms. The molecule has 1 aromatic heterocycles. The van der Waals surface area contributed by atoms with Gasteiger partial charge in [0.1, 0.15) is 5.67 Å². The molecule has 1 saturated heterocycles. The highest BCUT2D eigenvalue weighted by Gasteiger charge is 2.30. The van der Waals surface area contributed by atoms with Gasteiger partial charge in [-0.15, -0.1) is 0 Å². The lowest BCUT2D eigenvalue weighted by molar-refractivity contribution is 0.114. The Labute approximate surface area is 83.3 Å². The third-order valence-electron chi connectivity index (χ3n) is 2.73. The third kappa shape index (κ3) is 2.32. The van der Waals surface area contributed by atoms with Gasteiger partial charge in [0, 0.05) is 12.4 Å². The average Bonchev–Trinajstić information content (AvgIpc) is 2.55. The molecule has 1 aliphatic rings. The summed E-state index contributed by atoms with van der Waals surface area (Å²) in [4.78, 5) is 0. The van der Waals surface area contributed by atoms with Crippen LogP contribution in [0.4, 0.5) is 4.39 Å². The minimum Gasteiger partial charge on any atom is -0.317 e. The number of hydrogen-bond donors (Lipinski definition) is 1. The molecule has 2 rings (SSSR count). The first-order chi connectivity index (χ1) is 6.79. The molecule has 14 heavy (non-hydrogen) atoms. The number of nitrogens with zero attached hydrogens (tertiary/aromatic N) is 2. The maximum atomic E-state index is 14.3. The van der Waals surface area contributed by atoms with E-state index in [1.807, 2.05) is 12.3 Å². The summed E-state index contributed by atoms with van der Waals surface area (Å²) in [6, 6.07) is 1.83. The summed E-state index contributed by atoms with van der Waals surface area (Å²) >= 11 is 0. The van der Waals surface area contributed by atoms with Crippen molar-refractivity contribution in [1.82, 2.24) is 15.1 Å². The van der Waals surface area contributed by atoms with Crippen LogP contribution in [-0.2, 0) is 6.54 Å². The zero-order valence-corrected chi connectivity index (χ0v) is 8.25. The van der Waals surface area contributed by atoms with Crippen molar-refractivity contribution in [3.8, 4) is 0 Å². The summed E-state index contributed by atoms with van der Waals surface area (Å²) in [5.74, 6) is 0. The molecule has 3 nitrogen and oxygen atoms in total. The molecule has 4 heteroatoms. The van der Waals surface area contributed by atoms with Crippen molar-refractivity contribution in [2.24, 2.45) is 0 Å². The molecule has 0 aromatic carbocycles. The van der Waals surface area contributed by atoms with Crippen molar-refractivity contribution in [2.45, 2.75) is 31.5 Å². The van der Waals surface area contributed by atoms with Crippen LogP contribution in [0.15, 0.2) is 18.5 Å². The van der Waals surface area contributed by atoms with Crippen LogP contribution >= 0.6 is 0 Å². The summed E-state index contributed by atoms with van der Waals surface area (Å²) in [7, 11) is 0. The van der Waals surface area contributed by atoms with E-state index in [-0.39, 0.29) is 0 Å². The number of hydrogen-bond acceptors (Lipinski definition) is 2. The lowest BCUT2D eigenvalue weighted by Crippen LogP contribution is -2.30. The highest BCUT2D eigenvalue weighted by molar-refractivity contribution is 4.86. The predicted octanol–water partition coefficient (Wildman–Crippen LogP) is 1.36. The van der Waals surface area contributed by atoms with Crippen LogP contribution < -0.4 is 5.32 Å². The standard InChI is InChI=1S/C10H16FN3/c11-10(3-1-5-12-7-4-10)9-14-8-2-6-13-14/h2,6,8,12H,1,3-5,7,9H2. The summed E-state index contributed by atoms with van der Waals surface area (Å²) in [6.45, 7) is 2.10. The monoisotopic (exact) mass is 197 g/mol. The minimum absolute atomic E-state index is 0.391. The summed E-state index contributed by atoms with van der Waals surface area (Å²) < 4.78 is 16.0. The van der Waals surface area contributed by atoms with E-state index in [0.717, 1.165) is 19.5 Å². The van der Waals surface area contributed by atoms with Gasteiger partial charge in [0.25, 0.3) is 0 Å². The van der Waals surface area contributed by atoms with E-state index in [2.05, 4.69) is 10.4 Å². The number of nitrogens with one attached hydrogen (secondary N) is 1. The minimum atomic E-state index is -1.07. The smallest absolute Gasteiger partial charge is 0.131 e. The summed E-state index contributed by atoms with van der Waals surface area (Å²) in [5, 5.41) is 7.25. The first-order valence-corrected chi connectivity index (χ1v) is 5.16. The first-order valence-electron chi connectivity index (χ1n) is 5.16. The highest BCUT2D eigenvalue weighted by Crippen LogP contribution is 2.25. The van der Waals surface area contributed by atoms with Gasteiger partial charge < -0.3 is 5.32 Å². The molecule has 1 N–H and O–H groups in total. The maximum Gasteiger partial charge on any atom is 0.131 e. The Kier molecular flexibility index (Phi) is 2.82. The topological polar surface area (TPSA) is 29.9 Å². The fourth-order valence-electron chi connectivity index (χ4n) is 1.94. The molecule has 1 aromatic rings. The third-order valence-corrected chi connectivity index (χ3v) is 2.73. The lowest BCUT2D eigenvalue weighted by Gasteiger charge is -2.22. The van der Waals surface area contributed by atoms with Gasteiger partial charge in [-0.05, 0) is 38.4 Å². The molecule has 1 aliphatic heterocycles. The number of alkyl halides is 1. The second-order valence-electron chi connectivity index (χ2n) is 3.96. The average molecular weight is 197 g/mol. The molecule has 0 aliphatic carbocycles. The Morgan fingerprint density at radius 3 is 3.14 bits per heavy atom. The molecule has 0 saturated carbocycles. The van der Waals surface area contributed by atoms with Crippen molar-refractivity contribution in [3.63, 3.8) is 0 Å². The van der Waals surface area contributed by atoms with Gasteiger partial charge in [-0.3, -0.25) is 4.68 Å². The van der Waals surface area contributed by atoms with Gasteiger partial charge in [0.05, 0.1) is 6.54 Å². The van der Waals surface area contributed by atoms with Crippen LogP contribution in [0.5, 0.6) is 0 Å². The Balaban J connectivity index is 1.99. The van der Waals surface area contributed by atoms with Crippen molar-refractivity contribution >= 4 is 0 Å². The molecule has 2 heterocycles. The van der Waals surface area contributed by atoms with Crippen LogP contribution in [-0.4, -0.2) is 28.5 Å². The number of halogens is 1. The van der Waals surface area contributed by atoms with Crippen molar-refractivity contribution in [2.75, 3.05) is 13.1 Å². The molecular formula is C10H16FN3. The van der Waals surface area contributed by atoms with E-state index in [0.29, 0.717) is 19.4 Å². The van der Waals surface area contributed by atoms with E-state index in [1.165, 1.54) is 0 Å². The molecule has 0 bridgehead atoms. The van der Waals surface area contributed by atoms with Crippen molar-refractivity contribution in [3.05, 3.63) is 18.5 Å². The Morgan fingerprint density at radius 2 is 2.36 bits per heavy atom. The fraction of sp³-hybridized carbons (Fsp3) is 0.700. The fourth-order valence-corrected chi connectivity index (χ4v) is 1.94. The van der Waals surface area contributed by atoms with Crippen molar-refractivity contribution < 1.29 is 4.39 Å². The summed E-state index contributed by atoms with van der Waals surface area (Å²) in [6.07, 6.45) is 5.66. The van der Waals surface area contributed by atoms with Gasteiger partial charge in [-0.1, -0.05) is 0 Å². The number of aromatic nitrogens is 2. The zero-order valence-electron chi connectivity index (χ0n) is 8.25. The van der Waals surface area contributed by atoms with E-state index >= 15 is 0 Å². The molecule has 1 unspecified atom stereocenters. The maximum absolute atomic E-state index is 14.3. The molecule has 1 fully saturated rings. The van der Waals surface area contributed by atoms with E-state index in [9.17, 15) is 4.39 Å². The van der Waals surface area contributed by atoms with Crippen LogP contribution in [0, 0.1) is 0 Å². The molecule has 0 amide bonds. The van der Waals surface area contributed by atoms with Crippen molar-refractivity contribution in [1.29, 1.82) is 0 Å². The van der Waals surface area contributed by atoms with E-state index < -0.39 is 5.67 Å². The second kappa shape index (κ2) is 4.09. The SMILES string of the molecule is FC1(Cn2cccn2)CCCNCC1. The van der Waals surface area contributed by atoms with E-state index in [1.54, 1.807) is 10.9 Å². The predicted molar refractivity (Wildman–Crippen MR) is 52.8 cm³/mol.